The molecule has 0 bridgehead atoms. The Bertz CT molecular complexity index is 719. The number of carbonyl (C=O) groups excluding carboxylic acids is 2. The fraction of sp³-hybridized carbons (Fsp3) is 0.235. The van der Waals surface area contributed by atoms with Crippen LogP contribution in [0.3, 0.4) is 0 Å². The molecule has 2 N–H and O–H groups in total. The lowest BCUT2D eigenvalue weighted by Crippen LogP contribution is -2.31. The van der Waals surface area contributed by atoms with E-state index >= 15 is 0 Å². The van der Waals surface area contributed by atoms with Crippen molar-refractivity contribution in [2.75, 3.05) is 26.5 Å². The first-order valence-electron chi connectivity index (χ1n) is 7.36. The highest BCUT2D eigenvalue weighted by Gasteiger charge is 2.14. The van der Waals surface area contributed by atoms with Crippen LogP contribution >= 0.6 is 0 Å². The molecular weight excluding hydrogens is 308 g/mol. The second-order valence-electron chi connectivity index (χ2n) is 5.14. The van der Waals surface area contributed by atoms with Crippen molar-refractivity contribution in [3.05, 3.63) is 53.9 Å². The lowest BCUT2D eigenvalue weighted by Gasteiger charge is -2.19. The molecule has 1 aromatic heterocycles. The fourth-order valence-corrected chi connectivity index (χ4v) is 2.14. The van der Waals surface area contributed by atoms with Crippen LogP contribution in [0.1, 0.15) is 15.9 Å². The molecule has 126 valence electrons. The molecule has 0 aliphatic rings. The van der Waals surface area contributed by atoms with Crippen LogP contribution < -0.4 is 15.4 Å². The van der Waals surface area contributed by atoms with Crippen LogP contribution in [0.15, 0.2) is 42.7 Å². The molecule has 24 heavy (non-hydrogen) atoms. The number of hydrogen-bond acceptors (Lipinski definition) is 4. The van der Waals surface area contributed by atoms with E-state index in [0.29, 0.717) is 23.5 Å². The van der Waals surface area contributed by atoms with Crippen LogP contribution in [-0.2, 0) is 6.54 Å². The number of aromatic nitrogens is 1. The Kier molecular flexibility index (Phi) is 5.73. The zero-order valence-corrected chi connectivity index (χ0v) is 13.9. The molecule has 0 radical (unpaired) electrons. The monoisotopic (exact) mass is 328 g/mol. The number of anilines is 1. The minimum Gasteiger partial charge on any atom is -0.495 e. The van der Waals surface area contributed by atoms with E-state index < -0.39 is 0 Å². The molecule has 1 heterocycles. The zero-order valence-electron chi connectivity index (χ0n) is 13.9. The highest BCUT2D eigenvalue weighted by atomic mass is 16.5. The lowest BCUT2D eigenvalue weighted by atomic mass is 10.1. The van der Waals surface area contributed by atoms with Crippen molar-refractivity contribution >= 4 is 17.6 Å². The van der Waals surface area contributed by atoms with Gasteiger partial charge in [-0.05, 0) is 35.9 Å². The highest BCUT2D eigenvalue weighted by molar-refractivity contribution is 5.97. The SMILES string of the molecule is CNC(=O)c1ccc(OC)c(NC(=O)N(C)Cc2ccncc2)c1. The maximum Gasteiger partial charge on any atom is 0.321 e. The van der Waals surface area contributed by atoms with E-state index in [1.807, 2.05) is 12.1 Å². The summed E-state index contributed by atoms with van der Waals surface area (Å²) in [5.74, 6) is 0.242. The van der Waals surface area contributed by atoms with Gasteiger partial charge in [0.1, 0.15) is 5.75 Å². The number of carbonyl (C=O) groups is 2. The van der Waals surface area contributed by atoms with Crippen LogP contribution in [0.4, 0.5) is 10.5 Å². The number of amides is 3. The van der Waals surface area contributed by atoms with E-state index in [9.17, 15) is 9.59 Å². The molecule has 0 atom stereocenters. The molecule has 0 saturated heterocycles. The van der Waals surface area contributed by atoms with Gasteiger partial charge in [0.2, 0.25) is 0 Å². The first-order valence-corrected chi connectivity index (χ1v) is 7.36. The van der Waals surface area contributed by atoms with E-state index in [4.69, 9.17) is 4.74 Å². The Hall–Kier alpha value is -3.09. The standard InChI is InChI=1S/C17H20N4O3/c1-18-16(22)13-4-5-15(24-3)14(10-13)20-17(23)21(2)11-12-6-8-19-9-7-12/h4-10H,11H2,1-3H3,(H,18,22)(H,20,23). The zero-order chi connectivity index (χ0) is 17.5. The number of rotatable bonds is 5. The smallest absolute Gasteiger partial charge is 0.321 e. The first kappa shape index (κ1) is 17.3. The third-order valence-electron chi connectivity index (χ3n) is 3.45. The Labute approximate surface area is 140 Å². The lowest BCUT2D eigenvalue weighted by molar-refractivity contribution is 0.0963. The Morgan fingerprint density at radius 1 is 1.21 bits per heavy atom. The number of nitrogens with one attached hydrogen (secondary N) is 2. The summed E-state index contributed by atoms with van der Waals surface area (Å²) < 4.78 is 5.24. The maximum atomic E-state index is 12.4. The third-order valence-corrected chi connectivity index (χ3v) is 3.45. The third kappa shape index (κ3) is 4.22. The van der Waals surface area contributed by atoms with Crippen LogP contribution in [0.5, 0.6) is 5.75 Å². The molecule has 0 fully saturated rings. The summed E-state index contributed by atoms with van der Waals surface area (Å²) in [6.07, 6.45) is 3.36. The van der Waals surface area contributed by atoms with Gasteiger partial charge >= 0.3 is 6.03 Å². The molecule has 0 aliphatic heterocycles. The van der Waals surface area contributed by atoms with Gasteiger partial charge in [-0.2, -0.15) is 0 Å². The van der Waals surface area contributed by atoms with Crippen molar-refractivity contribution < 1.29 is 14.3 Å². The second kappa shape index (κ2) is 7.96. The van der Waals surface area contributed by atoms with Gasteiger partial charge in [0.25, 0.3) is 5.91 Å². The van der Waals surface area contributed by atoms with Crippen molar-refractivity contribution in [3.63, 3.8) is 0 Å². The largest absolute Gasteiger partial charge is 0.495 e. The number of hydrogen-bond donors (Lipinski definition) is 2. The van der Waals surface area contributed by atoms with Crippen LogP contribution in [-0.4, -0.2) is 43.0 Å². The molecule has 0 spiro atoms. The average Bonchev–Trinajstić information content (AvgIpc) is 2.61. The predicted molar refractivity (Wildman–Crippen MR) is 91.1 cm³/mol. The molecule has 3 amide bonds. The Balaban J connectivity index is 2.13. The van der Waals surface area contributed by atoms with Gasteiger partial charge in [-0.1, -0.05) is 0 Å². The van der Waals surface area contributed by atoms with Gasteiger partial charge in [0.05, 0.1) is 12.8 Å². The average molecular weight is 328 g/mol. The van der Waals surface area contributed by atoms with Gasteiger partial charge in [-0.3, -0.25) is 9.78 Å². The van der Waals surface area contributed by atoms with E-state index in [1.54, 1.807) is 44.7 Å². The normalized spacial score (nSPS) is 9.96. The number of methoxy groups -OCH3 is 1. The number of ether oxygens (including phenoxy) is 1. The minimum atomic E-state index is -0.306. The molecule has 7 heteroatoms. The van der Waals surface area contributed by atoms with E-state index in [-0.39, 0.29) is 11.9 Å². The summed E-state index contributed by atoms with van der Waals surface area (Å²) in [5, 5.41) is 5.31. The van der Waals surface area contributed by atoms with Gasteiger partial charge in [-0.15, -0.1) is 0 Å². The van der Waals surface area contributed by atoms with Gasteiger partial charge in [0, 0.05) is 38.6 Å². The van der Waals surface area contributed by atoms with Crippen LogP contribution in [0, 0.1) is 0 Å². The topological polar surface area (TPSA) is 83.6 Å². The Morgan fingerprint density at radius 3 is 2.54 bits per heavy atom. The highest BCUT2D eigenvalue weighted by Crippen LogP contribution is 2.26. The summed E-state index contributed by atoms with van der Waals surface area (Å²) in [6.45, 7) is 0.436. The number of urea groups is 1. The maximum absolute atomic E-state index is 12.4. The van der Waals surface area contributed by atoms with E-state index in [1.165, 1.54) is 12.0 Å². The minimum absolute atomic E-state index is 0.238. The fourth-order valence-electron chi connectivity index (χ4n) is 2.14. The van der Waals surface area contributed by atoms with Crippen molar-refractivity contribution in [1.29, 1.82) is 0 Å². The number of benzene rings is 1. The Morgan fingerprint density at radius 2 is 1.92 bits per heavy atom. The summed E-state index contributed by atoms with van der Waals surface area (Å²) in [5.41, 5.74) is 1.84. The van der Waals surface area contributed by atoms with Crippen molar-refractivity contribution in [2.45, 2.75) is 6.54 Å². The molecule has 2 rings (SSSR count). The molecule has 0 unspecified atom stereocenters. The summed E-state index contributed by atoms with van der Waals surface area (Å²) in [4.78, 5) is 29.6. The van der Waals surface area contributed by atoms with E-state index in [2.05, 4.69) is 15.6 Å². The van der Waals surface area contributed by atoms with E-state index in [0.717, 1.165) is 5.56 Å². The predicted octanol–water partition coefficient (Wildman–Crippen LogP) is 2.11. The molecule has 0 aliphatic carbocycles. The molecule has 0 saturated carbocycles. The van der Waals surface area contributed by atoms with Gasteiger partial charge in [0.15, 0.2) is 0 Å². The molecular formula is C17H20N4O3. The summed E-state index contributed by atoms with van der Waals surface area (Å²) >= 11 is 0. The van der Waals surface area contributed by atoms with Crippen molar-refractivity contribution in [2.24, 2.45) is 0 Å². The quantitative estimate of drug-likeness (QED) is 0.880. The first-order chi connectivity index (χ1) is 11.5. The van der Waals surface area contributed by atoms with Crippen molar-refractivity contribution in [1.82, 2.24) is 15.2 Å². The molecule has 1 aromatic carbocycles. The molecule has 2 aromatic rings. The van der Waals surface area contributed by atoms with Crippen LogP contribution in [0.2, 0.25) is 0 Å². The van der Waals surface area contributed by atoms with Gasteiger partial charge < -0.3 is 20.3 Å². The number of nitrogens with zero attached hydrogens (tertiary/aromatic N) is 2. The van der Waals surface area contributed by atoms with Crippen molar-refractivity contribution in [3.8, 4) is 5.75 Å². The number of pyridine rings is 1. The van der Waals surface area contributed by atoms with Crippen LogP contribution in [0.25, 0.3) is 0 Å². The summed E-state index contributed by atoms with van der Waals surface area (Å²) in [7, 11) is 4.74. The second-order valence-corrected chi connectivity index (χ2v) is 5.14. The molecule has 7 nitrogen and oxygen atoms in total. The van der Waals surface area contributed by atoms with Gasteiger partial charge in [-0.25, -0.2) is 4.79 Å². The summed E-state index contributed by atoms with van der Waals surface area (Å²) in [6, 6.07) is 8.24.